The summed E-state index contributed by atoms with van der Waals surface area (Å²) >= 11 is 3.80. The Bertz CT molecular complexity index is 1530. The quantitative estimate of drug-likeness (QED) is 0.240. The zero-order valence-electron chi connectivity index (χ0n) is 17.9. The topological polar surface area (TPSA) is 8.17 Å². The molecule has 0 saturated carbocycles. The van der Waals surface area contributed by atoms with E-state index in [4.69, 9.17) is 0 Å². The molecule has 1 heterocycles. The first kappa shape index (κ1) is 19.8. The third-order valence-electron chi connectivity index (χ3n) is 6.04. The summed E-state index contributed by atoms with van der Waals surface area (Å²) in [5, 5.41) is 2.47. The molecule has 158 valence electrons. The van der Waals surface area contributed by atoms with Crippen molar-refractivity contribution in [2.75, 3.05) is 4.90 Å². The smallest absolute Gasteiger partial charge is 0.0702 e. The number of para-hydroxylation sites is 5. The standard InChI is InChI=1S/C30H21BrN2/c31-25-17-11-21-29-30(25)24-16-7-8-18-26(24)33(29)28-20-10-9-19-27(28)32(22-12-3-1-4-13-22)23-14-5-2-6-15-23/h1-21H. The molecule has 0 aliphatic carbocycles. The van der Waals surface area contributed by atoms with Crippen molar-refractivity contribution >= 4 is 54.8 Å². The van der Waals surface area contributed by atoms with Crippen LogP contribution in [0.25, 0.3) is 27.5 Å². The number of nitrogens with zero attached hydrogens (tertiary/aromatic N) is 2. The zero-order valence-corrected chi connectivity index (χ0v) is 19.5. The van der Waals surface area contributed by atoms with E-state index in [2.05, 4.69) is 153 Å². The monoisotopic (exact) mass is 488 g/mol. The van der Waals surface area contributed by atoms with Gasteiger partial charge < -0.3 is 9.47 Å². The van der Waals surface area contributed by atoms with Crippen LogP contribution in [-0.2, 0) is 0 Å². The number of benzene rings is 5. The molecule has 1 aromatic heterocycles. The van der Waals surface area contributed by atoms with Crippen molar-refractivity contribution in [3.05, 3.63) is 132 Å². The minimum Gasteiger partial charge on any atom is -0.308 e. The lowest BCUT2D eigenvalue weighted by Gasteiger charge is -2.28. The van der Waals surface area contributed by atoms with Gasteiger partial charge in [-0.1, -0.05) is 88.7 Å². The molecule has 0 spiro atoms. The molecule has 33 heavy (non-hydrogen) atoms. The van der Waals surface area contributed by atoms with Crippen LogP contribution in [0.15, 0.2) is 132 Å². The SMILES string of the molecule is Brc1cccc2c1c1ccccc1n2-c1ccccc1N(c1ccccc1)c1ccccc1. The van der Waals surface area contributed by atoms with Crippen LogP contribution in [0.4, 0.5) is 17.1 Å². The highest BCUT2D eigenvalue weighted by Crippen LogP contribution is 2.42. The Morgan fingerprint density at radius 3 is 1.82 bits per heavy atom. The van der Waals surface area contributed by atoms with E-state index in [1.54, 1.807) is 0 Å². The molecule has 6 aromatic rings. The summed E-state index contributed by atoms with van der Waals surface area (Å²) in [5.41, 5.74) is 6.87. The predicted octanol–water partition coefficient (Wildman–Crippen LogP) is 9.02. The van der Waals surface area contributed by atoms with Gasteiger partial charge >= 0.3 is 0 Å². The Hall–Kier alpha value is -3.82. The van der Waals surface area contributed by atoms with Gasteiger partial charge in [0.15, 0.2) is 0 Å². The second-order valence-electron chi connectivity index (χ2n) is 7.98. The Kier molecular flexibility index (Phi) is 4.97. The van der Waals surface area contributed by atoms with Crippen LogP contribution in [0.1, 0.15) is 0 Å². The molecule has 0 fully saturated rings. The van der Waals surface area contributed by atoms with Gasteiger partial charge in [-0.05, 0) is 54.6 Å². The van der Waals surface area contributed by atoms with Crippen LogP contribution in [0, 0.1) is 0 Å². The maximum absolute atomic E-state index is 3.80. The Morgan fingerprint density at radius 1 is 0.515 bits per heavy atom. The lowest BCUT2D eigenvalue weighted by molar-refractivity contribution is 1.15. The fourth-order valence-electron chi connectivity index (χ4n) is 4.66. The average Bonchev–Trinajstić information content (AvgIpc) is 3.21. The number of rotatable bonds is 4. The fourth-order valence-corrected chi connectivity index (χ4v) is 5.23. The van der Waals surface area contributed by atoms with Gasteiger partial charge in [0, 0.05) is 26.6 Å². The number of hydrogen-bond donors (Lipinski definition) is 0. The van der Waals surface area contributed by atoms with Gasteiger partial charge in [0.05, 0.1) is 22.4 Å². The Balaban J connectivity index is 1.70. The highest BCUT2D eigenvalue weighted by molar-refractivity contribution is 9.10. The molecule has 0 aliphatic heterocycles. The van der Waals surface area contributed by atoms with Crippen molar-refractivity contribution in [3.63, 3.8) is 0 Å². The van der Waals surface area contributed by atoms with E-state index >= 15 is 0 Å². The van der Waals surface area contributed by atoms with E-state index < -0.39 is 0 Å². The molecule has 0 N–H and O–H groups in total. The number of halogens is 1. The van der Waals surface area contributed by atoms with Crippen molar-refractivity contribution < 1.29 is 0 Å². The van der Waals surface area contributed by atoms with Crippen molar-refractivity contribution in [1.82, 2.24) is 4.57 Å². The summed E-state index contributed by atoms with van der Waals surface area (Å²) in [7, 11) is 0. The van der Waals surface area contributed by atoms with Gasteiger partial charge in [-0.15, -0.1) is 0 Å². The highest BCUT2D eigenvalue weighted by Gasteiger charge is 2.20. The van der Waals surface area contributed by atoms with Crippen LogP contribution in [0.5, 0.6) is 0 Å². The van der Waals surface area contributed by atoms with Crippen molar-refractivity contribution in [3.8, 4) is 5.69 Å². The lowest BCUT2D eigenvalue weighted by Crippen LogP contribution is -2.12. The number of fused-ring (bicyclic) bond motifs is 3. The van der Waals surface area contributed by atoms with Gasteiger partial charge in [-0.3, -0.25) is 0 Å². The predicted molar refractivity (Wildman–Crippen MR) is 143 cm³/mol. The van der Waals surface area contributed by atoms with Crippen LogP contribution >= 0.6 is 15.9 Å². The first-order valence-electron chi connectivity index (χ1n) is 11.0. The maximum Gasteiger partial charge on any atom is 0.0702 e. The molecule has 0 radical (unpaired) electrons. The van der Waals surface area contributed by atoms with Crippen molar-refractivity contribution in [1.29, 1.82) is 0 Å². The zero-order chi connectivity index (χ0) is 22.2. The molecule has 3 heteroatoms. The number of hydrogen-bond acceptors (Lipinski definition) is 1. The number of aromatic nitrogens is 1. The second-order valence-corrected chi connectivity index (χ2v) is 8.84. The molecule has 0 aliphatic rings. The normalized spacial score (nSPS) is 11.2. The van der Waals surface area contributed by atoms with Gasteiger partial charge in [0.1, 0.15) is 0 Å². The third kappa shape index (κ3) is 3.33. The van der Waals surface area contributed by atoms with E-state index in [-0.39, 0.29) is 0 Å². The molecule has 5 aromatic carbocycles. The van der Waals surface area contributed by atoms with Crippen LogP contribution in [0.2, 0.25) is 0 Å². The maximum atomic E-state index is 3.80. The van der Waals surface area contributed by atoms with Crippen molar-refractivity contribution in [2.45, 2.75) is 0 Å². The van der Waals surface area contributed by atoms with E-state index in [0.29, 0.717) is 0 Å². The molecule has 0 saturated heterocycles. The van der Waals surface area contributed by atoms with Crippen LogP contribution in [-0.4, -0.2) is 4.57 Å². The first-order chi connectivity index (χ1) is 16.3. The fraction of sp³-hybridized carbons (Fsp3) is 0. The minimum absolute atomic E-state index is 1.11. The number of anilines is 3. The van der Waals surface area contributed by atoms with Gasteiger partial charge in [-0.2, -0.15) is 0 Å². The summed E-state index contributed by atoms with van der Waals surface area (Å²) < 4.78 is 3.49. The Labute approximate surface area is 201 Å². The molecule has 0 atom stereocenters. The van der Waals surface area contributed by atoms with Gasteiger partial charge in [0.2, 0.25) is 0 Å². The van der Waals surface area contributed by atoms with Crippen LogP contribution < -0.4 is 4.90 Å². The highest BCUT2D eigenvalue weighted by atomic mass is 79.9. The summed E-state index contributed by atoms with van der Waals surface area (Å²) in [4.78, 5) is 2.33. The van der Waals surface area contributed by atoms with E-state index in [9.17, 15) is 0 Å². The average molecular weight is 489 g/mol. The molecular formula is C30H21BrN2. The summed E-state index contributed by atoms with van der Waals surface area (Å²) in [5.74, 6) is 0. The third-order valence-corrected chi connectivity index (χ3v) is 6.70. The van der Waals surface area contributed by atoms with Gasteiger partial charge in [-0.25, -0.2) is 0 Å². The van der Waals surface area contributed by atoms with Crippen LogP contribution in [0.3, 0.4) is 0 Å². The summed E-state index contributed by atoms with van der Waals surface area (Å²) in [6, 6.07) is 44.8. The van der Waals surface area contributed by atoms with Gasteiger partial charge in [0.25, 0.3) is 0 Å². The largest absolute Gasteiger partial charge is 0.308 e. The lowest BCUT2D eigenvalue weighted by atomic mass is 10.1. The molecule has 2 nitrogen and oxygen atoms in total. The molecular weight excluding hydrogens is 468 g/mol. The summed E-state index contributed by atoms with van der Waals surface area (Å²) in [6.07, 6.45) is 0. The summed E-state index contributed by atoms with van der Waals surface area (Å²) in [6.45, 7) is 0. The minimum atomic E-state index is 1.11. The van der Waals surface area contributed by atoms with Crippen molar-refractivity contribution in [2.24, 2.45) is 0 Å². The molecule has 0 bridgehead atoms. The van der Waals surface area contributed by atoms with E-state index in [1.165, 1.54) is 21.8 Å². The molecule has 0 amide bonds. The Morgan fingerprint density at radius 2 is 1.09 bits per heavy atom. The first-order valence-corrected chi connectivity index (χ1v) is 11.8. The molecule has 0 unspecified atom stereocenters. The van der Waals surface area contributed by atoms with E-state index in [1.807, 2.05) is 0 Å². The second kappa shape index (κ2) is 8.27. The van der Waals surface area contributed by atoms with E-state index in [0.717, 1.165) is 27.2 Å². The molecule has 6 rings (SSSR count).